The molecule has 0 aliphatic carbocycles. The Morgan fingerprint density at radius 3 is 2.90 bits per heavy atom. The van der Waals surface area contributed by atoms with E-state index in [1.807, 2.05) is 6.07 Å². The van der Waals surface area contributed by atoms with Gasteiger partial charge in [0.2, 0.25) is 5.91 Å². The van der Waals surface area contributed by atoms with Gasteiger partial charge in [-0.15, -0.1) is 24.0 Å². The second-order valence-electron chi connectivity index (χ2n) is 4.78. The first-order chi connectivity index (χ1) is 9.65. The summed E-state index contributed by atoms with van der Waals surface area (Å²) >= 11 is 0. The van der Waals surface area contributed by atoms with Crippen molar-refractivity contribution < 1.29 is 9.53 Å². The van der Waals surface area contributed by atoms with Crippen LogP contribution >= 0.6 is 24.0 Å². The summed E-state index contributed by atoms with van der Waals surface area (Å²) in [6.45, 7) is 1.91. The molecule has 0 saturated carbocycles. The molecule has 1 atom stereocenters. The minimum absolute atomic E-state index is 0. The number of nitrogens with zero attached hydrogens (tertiary/aromatic N) is 1. The van der Waals surface area contributed by atoms with Crippen LogP contribution in [0.1, 0.15) is 28.8 Å². The number of carbonyl (C=O) groups excluding carboxylic acids is 1. The number of amides is 1. The first kappa shape index (κ1) is 17.7. The van der Waals surface area contributed by atoms with Crippen molar-refractivity contribution in [3.05, 3.63) is 35.4 Å². The van der Waals surface area contributed by atoms with Crippen molar-refractivity contribution in [2.45, 2.75) is 25.5 Å². The minimum atomic E-state index is -0.444. The Balaban J connectivity index is 0.00000220. The van der Waals surface area contributed by atoms with E-state index >= 15 is 0 Å². The van der Waals surface area contributed by atoms with Crippen LogP contribution in [-0.4, -0.2) is 31.1 Å². The van der Waals surface area contributed by atoms with Crippen molar-refractivity contribution in [2.24, 2.45) is 16.5 Å². The van der Waals surface area contributed by atoms with Gasteiger partial charge in [-0.05, 0) is 30.5 Å². The molecule has 1 aliphatic heterocycles. The number of benzene rings is 1. The van der Waals surface area contributed by atoms with Crippen molar-refractivity contribution in [3.8, 4) is 0 Å². The molecule has 0 spiro atoms. The fourth-order valence-corrected chi connectivity index (χ4v) is 2.08. The summed E-state index contributed by atoms with van der Waals surface area (Å²) in [4.78, 5) is 15.3. The molecule has 1 saturated heterocycles. The van der Waals surface area contributed by atoms with Crippen molar-refractivity contribution in [1.29, 1.82) is 0 Å². The zero-order chi connectivity index (χ0) is 14.4. The van der Waals surface area contributed by atoms with Gasteiger partial charge in [0.15, 0.2) is 5.96 Å². The highest BCUT2D eigenvalue weighted by atomic mass is 127. The quantitative estimate of drug-likeness (QED) is 0.387. The van der Waals surface area contributed by atoms with Crippen LogP contribution in [0.5, 0.6) is 0 Å². The lowest BCUT2D eigenvalue weighted by atomic mass is 10.1. The molecule has 2 rings (SSSR count). The average Bonchev–Trinajstić information content (AvgIpc) is 2.96. The van der Waals surface area contributed by atoms with Crippen molar-refractivity contribution in [3.63, 3.8) is 0 Å². The molecule has 1 fully saturated rings. The van der Waals surface area contributed by atoms with Gasteiger partial charge in [0.05, 0.1) is 12.6 Å². The van der Waals surface area contributed by atoms with Gasteiger partial charge in [0.25, 0.3) is 0 Å². The standard InChI is InChI=1S/C14H20N4O2.HI/c15-13(19)11-4-1-3-10(7-11)8-17-14(16)18-9-12-5-2-6-20-12;/h1,3-4,7,12H,2,5-6,8-9H2,(H2,15,19)(H3,16,17,18);1H. The van der Waals surface area contributed by atoms with Crippen molar-refractivity contribution >= 4 is 35.8 Å². The predicted molar refractivity (Wildman–Crippen MR) is 92.7 cm³/mol. The number of primary amides is 1. The van der Waals surface area contributed by atoms with E-state index in [-0.39, 0.29) is 30.1 Å². The van der Waals surface area contributed by atoms with Crippen LogP contribution in [0.2, 0.25) is 0 Å². The molecule has 1 heterocycles. The summed E-state index contributed by atoms with van der Waals surface area (Å²) in [6, 6.07) is 7.05. The number of hydrogen-bond acceptors (Lipinski definition) is 3. The molecule has 21 heavy (non-hydrogen) atoms. The Labute approximate surface area is 141 Å². The zero-order valence-corrected chi connectivity index (χ0v) is 14.1. The molecule has 116 valence electrons. The lowest BCUT2D eigenvalue weighted by Gasteiger charge is -2.11. The SMILES string of the molecule is I.NC(=O)c1cccc(CN=C(N)NCC2CCCO2)c1. The summed E-state index contributed by atoms with van der Waals surface area (Å²) in [5.41, 5.74) is 12.4. The fraction of sp³-hybridized carbons (Fsp3) is 0.429. The van der Waals surface area contributed by atoms with Crippen LogP contribution in [-0.2, 0) is 11.3 Å². The Morgan fingerprint density at radius 2 is 2.24 bits per heavy atom. The first-order valence-corrected chi connectivity index (χ1v) is 6.69. The van der Waals surface area contributed by atoms with Crippen molar-refractivity contribution in [2.75, 3.05) is 13.2 Å². The van der Waals surface area contributed by atoms with Gasteiger partial charge in [0, 0.05) is 18.7 Å². The van der Waals surface area contributed by atoms with Gasteiger partial charge in [-0.2, -0.15) is 0 Å². The second-order valence-corrected chi connectivity index (χ2v) is 4.78. The summed E-state index contributed by atoms with van der Waals surface area (Å²) in [7, 11) is 0. The second kappa shape index (κ2) is 8.83. The molecule has 5 N–H and O–H groups in total. The number of carbonyl (C=O) groups is 1. The topological polar surface area (TPSA) is 103 Å². The van der Waals surface area contributed by atoms with Crippen LogP contribution in [0.3, 0.4) is 0 Å². The highest BCUT2D eigenvalue weighted by Gasteiger charge is 2.14. The van der Waals surface area contributed by atoms with Gasteiger partial charge < -0.3 is 21.5 Å². The lowest BCUT2D eigenvalue weighted by Crippen LogP contribution is -2.37. The molecule has 0 radical (unpaired) electrons. The predicted octanol–water partition coefficient (Wildman–Crippen LogP) is 0.987. The number of rotatable bonds is 5. The third-order valence-electron chi connectivity index (χ3n) is 3.18. The molecule has 6 nitrogen and oxygen atoms in total. The number of ether oxygens (including phenoxy) is 1. The lowest BCUT2D eigenvalue weighted by molar-refractivity contribution is 0.1000. The maximum absolute atomic E-state index is 11.1. The molecule has 1 amide bonds. The van der Waals surface area contributed by atoms with Gasteiger partial charge >= 0.3 is 0 Å². The van der Waals surface area contributed by atoms with E-state index in [1.165, 1.54) is 0 Å². The first-order valence-electron chi connectivity index (χ1n) is 6.69. The number of halogens is 1. The highest BCUT2D eigenvalue weighted by molar-refractivity contribution is 14.0. The van der Waals surface area contributed by atoms with Crippen LogP contribution in [0.4, 0.5) is 0 Å². The monoisotopic (exact) mass is 404 g/mol. The largest absolute Gasteiger partial charge is 0.376 e. The maximum Gasteiger partial charge on any atom is 0.248 e. The van der Waals surface area contributed by atoms with Gasteiger partial charge in [0.1, 0.15) is 0 Å². The normalized spacial score (nSPS) is 18.1. The molecule has 1 aliphatic rings. The summed E-state index contributed by atoms with van der Waals surface area (Å²) in [5.74, 6) is -0.0645. The maximum atomic E-state index is 11.1. The highest BCUT2D eigenvalue weighted by Crippen LogP contribution is 2.10. The van der Waals surface area contributed by atoms with Crippen molar-refractivity contribution in [1.82, 2.24) is 5.32 Å². The number of guanidine groups is 1. The summed E-state index contributed by atoms with van der Waals surface area (Å²) in [5, 5.41) is 3.04. The van der Waals surface area contributed by atoms with E-state index in [0.717, 1.165) is 25.0 Å². The van der Waals surface area contributed by atoms with E-state index in [4.69, 9.17) is 16.2 Å². The third-order valence-corrected chi connectivity index (χ3v) is 3.18. The third kappa shape index (κ3) is 5.88. The average molecular weight is 404 g/mol. The fourth-order valence-electron chi connectivity index (χ4n) is 2.08. The Morgan fingerprint density at radius 1 is 1.43 bits per heavy atom. The number of aliphatic imine (C=N–C) groups is 1. The van der Waals surface area contributed by atoms with Gasteiger partial charge in [-0.1, -0.05) is 12.1 Å². The van der Waals surface area contributed by atoms with Crippen LogP contribution < -0.4 is 16.8 Å². The molecule has 7 heteroatoms. The number of hydrogen-bond donors (Lipinski definition) is 3. The van der Waals surface area contributed by atoms with Crippen LogP contribution in [0, 0.1) is 0 Å². The van der Waals surface area contributed by atoms with E-state index in [0.29, 0.717) is 24.6 Å². The number of nitrogens with one attached hydrogen (secondary N) is 1. The number of nitrogens with two attached hydrogens (primary N) is 2. The summed E-state index contributed by atoms with van der Waals surface area (Å²) in [6.07, 6.45) is 2.38. The van der Waals surface area contributed by atoms with E-state index in [2.05, 4.69) is 10.3 Å². The molecule has 0 bridgehead atoms. The smallest absolute Gasteiger partial charge is 0.248 e. The minimum Gasteiger partial charge on any atom is -0.376 e. The molecular formula is C14H21IN4O2. The molecule has 1 aromatic rings. The Kier molecular flexibility index (Phi) is 7.44. The molecule has 0 aromatic heterocycles. The van der Waals surface area contributed by atoms with Crippen LogP contribution in [0.25, 0.3) is 0 Å². The Hall–Kier alpha value is -1.35. The molecular weight excluding hydrogens is 383 g/mol. The molecule has 1 unspecified atom stereocenters. The zero-order valence-electron chi connectivity index (χ0n) is 11.7. The Bertz CT molecular complexity index is 502. The molecule has 1 aromatic carbocycles. The van der Waals surface area contributed by atoms with E-state index in [1.54, 1.807) is 18.2 Å². The van der Waals surface area contributed by atoms with Gasteiger partial charge in [-0.25, -0.2) is 4.99 Å². The van der Waals surface area contributed by atoms with Gasteiger partial charge in [-0.3, -0.25) is 4.79 Å². The van der Waals surface area contributed by atoms with E-state index in [9.17, 15) is 4.79 Å². The summed E-state index contributed by atoms with van der Waals surface area (Å²) < 4.78 is 5.48. The van der Waals surface area contributed by atoms with Crippen LogP contribution in [0.15, 0.2) is 29.3 Å². The van der Waals surface area contributed by atoms with E-state index < -0.39 is 5.91 Å².